The second kappa shape index (κ2) is 6.11. The molecule has 1 unspecified atom stereocenters. The third kappa shape index (κ3) is 2.98. The Hall–Kier alpha value is -2.12. The number of fused-ring (bicyclic) bond motifs is 1. The first-order valence-corrected chi connectivity index (χ1v) is 6.58. The molecule has 7 heteroatoms. The van der Waals surface area contributed by atoms with Crippen molar-refractivity contribution in [2.75, 3.05) is 7.11 Å². The fourth-order valence-electron chi connectivity index (χ4n) is 2.48. The average Bonchev–Trinajstić information content (AvgIpc) is 2.78. The number of aliphatic hydroxyl groups is 1. The van der Waals surface area contributed by atoms with Crippen molar-refractivity contribution in [2.45, 2.75) is 31.7 Å². The van der Waals surface area contributed by atoms with E-state index >= 15 is 0 Å². The highest BCUT2D eigenvalue weighted by atomic mass is 16.5. The Morgan fingerprint density at radius 3 is 2.81 bits per heavy atom. The van der Waals surface area contributed by atoms with E-state index in [-0.39, 0.29) is 31.0 Å². The quantitative estimate of drug-likeness (QED) is 0.518. The van der Waals surface area contributed by atoms with Gasteiger partial charge in [0.1, 0.15) is 12.0 Å². The van der Waals surface area contributed by atoms with Crippen LogP contribution in [0.1, 0.15) is 28.8 Å². The van der Waals surface area contributed by atoms with E-state index < -0.39 is 18.2 Å². The van der Waals surface area contributed by atoms with E-state index in [9.17, 15) is 19.8 Å². The molecule has 1 aliphatic rings. The molecule has 1 heterocycles. The van der Waals surface area contributed by atoms with Gasteiger partial charge in [-0.15, -0.1) is 0 Å². The number of amides is 1. The SMILES string of the molecule is COC(=O)CC[C@@H](C(N)O)N1Cc2c(O)cccc2C1=O. The van der Waals surface area contributed by atoms with Gasteiger partial charge in [0.25, 0.3) is 5.91 Å². The summed E-state index contributed by atoms with van der Waals surface area (Å²) in [6.45, 7) is 0.154. The summed E-state index contributed by atoms with van der Waals surface area (Å²) in [5.74, 6) is -0.727. The number of benzene rings is 1. The first-order valence-electron chi connectivity index (χ1n) is 6.58. The highest BCUT2D eigenvalue weighted by Gasteiger charge is 2.36. The second-order valence-electron chi connectivity index (χ2n) is 4.91. The minimum absolute atomic E-state index is 0.0292. The lowest BCUT2D eigenvalue weighted by Gasteiger charge is -2.29. The van der Waals surface area contributed by atoms with Crippen LogP contribution < -0.4 is 5.73 Å². The molecule has 21 heavy (non-hydrogen) atoms. The van der Waals surface area contributed by atoms with Crippen LogP contribution in [0, 0.1) is 0 Å². The lowest BCUT2D eigenvalue weighted by atomic mass is 10.1. The number of phenolic OH excluding ortho intramolecular Hbond substituents is 1. The van der Waals surface area contributed by atoms with Crippen LogP contribution in [0.15, 0.2) is 18.2 Å². The normalized spacial score (nSPS) is 16.5. The molecule has 7 nitrogen and oxygen atoms in total. The molecule has 2 rings (SSSR count). The number of methoxy groups -OCH3 is 1. The molecule has 1 amide bonds. The van der Waals surface area contributed by atoms with Gasteiger partial charge in [-0.1, -0.05) is 6.07 Å². The zero-order valence-corrected chi connectivity index (χ0v) is 11.7. The third-order valence-electron chi connectivity index (χ3n) is 3.64. The molecule has 1 aliphatic heterocycles. The minimum Gasteiger partial charge on any atom is -0.508 e. The van der Waals surface area contributed by atoms with Gasteiger partial charge >= 0.3 is 5.97 Å². The monoisotopic (exact) mass is 294 g/mol. The molecule has 0 aromatic heterocycles. The molecule has 0 radical (unpaired) electrons. The largest absolute Gasteiger partial charge is 0.508 e. The minimum atomic E-state index is -1.28. The Kier molecular flexibility index (Phi) is 4.44. The molecule has 0 spiro atoms. The Balaban J connectivity index is 2.18. The summed E-state index contributed by atoms with van der Waals surface area (Å²) in [5.41, 5.74) is 6.42. The van der Waals surface area contributed by atoms with Crippen molar-refractivity contribution in [1.29, 1.82) is 0 Å². The summed E-state index contributed by atoms with van der Waals surface area (Å²) in [5, 5.41) is 19.5. The fraction of sp³-hybridized carbons (Fsp3) is 0.429. The predicted molar refractivity (Wildman–Crippen MR) is 73.2 cm³/mol. The average molecular weight is 294 g/mol. The number of hydrogen-bond acceptors (Lipinski definition) is 6. The van der Waals surface area contributed by atoms with Gasteiger partial charge in [-0.2, -0.15) is 0 Å². The van der Waals surface area contributed by atoms with Crippen LogP contribution >= 0.6 is 0 Å². The molecule has 2 atom stereocenters. The molecule has 1 aromatic rings. The van der Waals surface area contributed by atoms with Gasteiger partial charge in [0.15, 0.2) is 0 Å². The van der Waals surface area contributed by atoms with Crippen molar-refractivity contribution < 1.29 is 24.5 Å². The first-order chi connectivity index (χ1) is 9.95. The molecule has 0 fully saturated rings. The molecule has 4 N–H and O–H groups in total. The number of aromatic hydroxyl groups is 1. The van der Waals surface area contributed by atoms with Crippen molar-refractivity contribution in [2.24, 2.45) is 5.73 Å². The number of esters is 1. The van der Waals surface area contributed by atoms with E-state index in [1.54, 1.807) is 12.1 Å². The molecular formula is C14H18N2O5. The van der Waals surface area contributed by atoms with Gasteiger partial charge in [0, 0.05) is 17.5 Å². The summed E-state index contributed by atoms with van der Waals surface area (Å²) in [6, 6.07) is 3.97. The Morgan fingerprint density at radius 1 is 1.52 bits per heavy atom. The molecule has 0 saturated heterocycles. The van der Waals surface area contributed by atoms with E-state index in [1.165, 1.54) is 18.1 Å². The molecule has 1 aromatic carbocycles. The lowest BCUT2D eigenvalue weighted by molar-refractivity contribution is -0.141. The van der Waals surface area contributed by atoms with E-state index in [4.69, 9.17) is 5.73 Å². The Labute approximate surface area is 121 Å². The number of phenols is 1. The highest BCUT2D eigenvalue weighted by Crippen LogP contribution is 2.32. The molecule has 0 saturated carbocycles. The van der Waals surface area contributed by atoms with Crippen molar-refractivity contribution >= 4 is 11.9 Å². The standard InChI is InChI=1S/C14H18N2O5/c1-21-12(18)6-5-10(13(15)19)16-7-9-8(14(16)20)3-2-4-11(9)17/h2-4,10,13,17,19H,5-7,15H2,1H3/t10-,13?/m0/s1. The highest BCUT2D eigenvalue weighted by molar-refractivity contribution is 5.99. The van der Waals surface area contributed by atoms with Crippen LogP contribution in [0.4, 0.5) is 0 Å². The number of nitrogens with two attached hydrogens (primary N) is 1. The van der Waals surface area contributed by atoms with E-state index in [2.05, 4.69) is 4.74 Å². The fourth-order valence-corrected chi connectivity index (χ4v) is 2.48. The van der Waals surface area contributed by atoms with Crippen LogP contribution in [-0.4, -0.2) is 46.4 Å². The topological polar surface area (TPSA) is 113 Å². The van der Waals surface area contributed by atoms with Gasteiger partial charge in [0.05, 0.1) is 19.7 Å². The maximum absolute atomic E-state index is 12.3. The predicted octanol–water partition coefficient (Wildman–Crippen LogP) is -0.0531. The van der Waals surface area contributed by atoms with Crippen molar-refractivity contribution in [1.82, 2.24) is 4.90 Å². The smallest absolute Gasteiger partial charge is 0.305 e. The number of aliphatic hydroxyl groups excluding tert-OH is 1. The number of ether oxygens (including phenoxy) is 1. The van der Waals surface area contributed by atoms with Crippen molar-refractivity contribution in [3.63, 3.8) is 0 Å². The summed E-state index contributed by atoms with van der Waals surface area (Å²) >= 11 is 0. The number of nitrogens with zero attached hydrogens (tertiary/aromatic N) is 1. The molecule has 0 aliphatic carbocycles. The van der Waals surface area contributed by atoms with Crippen molar-refractivity contribution in [3.8, 4) is 5.75 Å². The maximum atomic E-state index is 12.3. The number of carbonyl (C=O) groups excluding carboxylic acids is 2. The zero-order valence-electron chi connectivity index (χ0n) is 11.7. The van der Waals surface area contributed by atoms with Gasteiger partial charge in [0.2, 0.25) is 0 Å². The lowest BCUT2D eigenvalue weighted by Crippen LogP contribution is -2.48. The molecular weight excluding hydrogens is 276 g/mol. The Morgan fingerprint density at radius 2 is 2.24 bits per heavy atom. The Bertz CT molecular complexity index is 558. The van der Waals surface area contributed by atoms with Gasteiger partial charge < -0.3 is 25.6 Å². The summed E-state index contributed by atoms with van der Waals surface area (Å²) in [6.07, 6.45) is -1.05. The zero-order chi connectivity index (χ0) is 15.6. The third-order valence-corrected chi connectivity index (χ3v) is 3.64. The number of hydrogen-bond donors (Lipinski definition) is 3. The van der Waals surface area contributed by atoms with Gasteiger partial charge in [-0.05, 0) is 18.6 Å². The number of carbonyl (C=O) groups is 2. The molecule has 114 valence electrons. The van der Waals surface area contributed by atoms with E-state index in [0.717, 1.165) is 0 Å². The van der Waals surface area contributed by atoms with E-state index in [0.29, 0.717) is 11.1 Å². The van der Waals surface area contributed by atoms with E-state index in [1.807, 2.05) is 0 Å². The van der Waals surface area contributed by atoms with Crippen LogP contribution in [-0.2, 0) is 16.1 Å². The van der Waals surface area contributed by atoms with Gasteiger partial charge in [-0.25, -0.2) is 0 Å². The van der Waals surface area contributed by atoms with Crippen LogP contribution in [0.25, 0.3) is 0 Å². The summed E-state index contributed by atoms with van der Waals surface area (Å²) < 4.78 is 4.55. The summed E-state index contributed by atoms with van der Waals surface area (Å²) in [7, 11) is 1.27. The molecule has 0 bridgehead atoms. The van der Waals surface area contributed by atoms with Crippen LogP contribution in [0.2, 0.25) is 0 Å². The van der Waals surface area contributed by atoms with Crippen molar-refractivity contribution in [3.05, 3.63) is 29.3 Å². The van der Waals surface area contributed by atoms with Gasteiger partial charge in [-0.3, -0.25) is 9.59 Å². The van der Waals surface area contributed by atoms with Crippen LogP contribution in [0.5, 0.6) is 5.75 Å². The summed E-state index contributed by atoms with van der Waals surface area (Å²) in [4.78, 5) is 24.9. The maximum Gasteiger partial charge on any atom is 0.305 e. The first kappa shape index (κ1) is 15.3. The second-order valence-corrected chi connectivity index (χ2v) is 4.91. The number of rotatable bonds is 5. The van der Waals surface area contributed by atoms with Crippen LogP contribution in [0.3, 0.4) is 0 Å².